The third kappa shape index (κ3) is 1.95. The molecule has 4 bridgehead atoms. The molecule has 3 heteroatoms. The monoisotopic (exact) mass is 272 g/mol. The molecular weight excluding hydrogens is 248 g/mol. The average molecular weight is 272 g/mol. The molecule has 1 aromatic rings. The van der Waals surface area contributed by atoms with Crippen molar-refractivity contribution in [2.75, 3.05) is 6.54 Å². The van der Waals surface area contributed by atoms with Crippen LogP contribution in [0.15, 0.2) is 6.07 Å². The second-order valence-electron chi connectivity index (χ2n) is 7.30. The van der Waals surface area contributed by atoms with E-state index in [4.69, 9.17) is 0 Å². The smallest absolute Gasteiger partial charge is 0.178 e. The SMILES string of the molecule is Cc1cc(C(=O)CN2C3CC4CC(C3)CC2C4)c(C)[nH]1. The van der Waals surface area contributed by atoms with Crippen molar-refractivity contribution in [3.05, 3.63) is 23.0 Å². The third-order valence-corrected chi connectivity index (χ3v) is 5.80. The lowest BCUT2D eigenvalue weighted by molar-refractivity contribution is -0.0537. The molecule has 2 aliphatic heterocycles. The number of Topliss-reactive ketones (excluding diaryl/α,β-unsaturated/α-hetero) is 1. The van der Waals surface area contributed by atoms with Gasteiger partial charge in [0.2, 0.25) is 0 Å². The molecule has 1 aromatic heterocycles. The number of hydrogen-bond acceptors (Lipinski definition) is 2. The highest BCUT2D eigenvalue weighted by molar-refractivity contribution is 5.99. The number of aromatic nitrogens is 1. The van der Waals surface area contributed by atoms with E-state index in [1.165, 1.54) is 32.1 Å². The van der Waals surface area contributed by atoms with Crippen molar-refractivity contribution in [2.45, 2.75) is 58.0 Å². The van der Waals surface area contributed by atoms with Gasteiger partial charge in [-0.25, -0.2) is 0 Å². The number of H-pyrrole nitrogens is 1. The van der Waals surface area contributed by atoms with E-state index in [-0.39, 0.29) is 0 Å². The molecule has 0 unspecified atom stereocenters. The quantitative estimate of drug-likeness (QED) is 0.858. The Balaban J connectivity index is 1.52. The predicted molar refractivity (Wildman–Crippen MR) is 78.9 cm³/mol. The number of hydrogen-bond donors (Lipinski definition) is 1. The normalized spacial score (nSPS) is 35.7. The molecule has 0 aromatic carbocycles. The van der Waals surface area contributed by atoms with Gasteiger partial charge in [-0.3, -0.25) is 9.69 Å². The van der Waals surface area contributed by atoms with Gasteiger partial charge in [-0.1, -0.05) is 0 Å². The minimum atomic E-state index is 0.305. The highest BCUT2D eigenvalue weighted by atomic mass is 16.1. The van der Waals surface area contributed by atoms with Crippen molar-refractivity contribution in [1.29, 1.82) is 0 Å². The van der Waals surface area contributed by atoms with Crippen LogP contribution in [0.4, 0.5) is 0 Å². The van der Waals surface area contributed by atoms with Gasteiger partial charge in [-0.05, 0) is 63.9 Å². The van der Waals surface area contributed by atoms with E-state index in [0.717, 1.165) is 28.8 Å². The Kier molecular flexibility index (Phi) is 2.81. The molecule has 3 heterocycles. The van der Waals surface area contributed by atoms with E-state index >= 15 is 0 Å². The summed E-state index contributed by atoms with van der Waals surface area (Å²) in [6, 6.07) is 3.39. The number of nitrogens with zero attached hydrogens (tertiary/aromatic N) is 1. The first-order valence-corrected chi connectivity index (χ1v) is 8.05. The molecule has 0 spiro atoms. The first-order chi connectivity index (χ1) is 9.60. The van der Waals surface area contributed by atoms with Gasteiger partial charge < -0.3 is 4.98 Å². The Morgan fingerprint density at radius 2 is 1.75 bits per heavy atom. The van der Waals surface area contributed by atoms with Gasteiger partial charge in [-0.2, -0.15) is 0 Å². The maximum Gasteiger partial charge on any atom is 0.178 e. The summed E-state index contributed by atoms with van der Waals surface area (Å²) in [6.07, 6.45) is 6.82. The fraction of sp³-hybridized carbons (Fsp3) is 0.706. The van der Waals surface area contributed by atoms with Gasteiger partial charge >= 0.3 is 0 Å². The Morgan fingerprint density at radius 3 is 2.25 bits per heavy atom. The molecular formula is C17H24N2O. The summed E-state index contributed by atoms with van der Waals surface area (Å²) >= 11 is 0. The lowest BCUT2D eigenvalue weighted by Gasteiger charge is -2.56. The zero-order chi connectivity index (χ0) is 13.9. The van der Waals surface area contributed by atoms with Gasteiger partial charge in [0, 0.05) is 29.0 Å². The summed E-state index contributed by atoms with van der Waals surface area (Å²) in [5.41, 5.74) is 3.01. The summed E-state index contributed by atoms with van der Waals surface area (Å²) in [5.74, 6) is 2.22. The van der Waals surface area contributed by atoms with Crippen molar-refractivity contribution in [2.24, 2.45) is 11.8 Å². The van der Waals surface area contributed by atoms with Gasteiger partial charge in [0.15, 0.2) is 5.78 Å². The summed E-state index contributed by atoms with van der Waals surface area (Å²) in [7, 11) is 0. The van der Waals surface area contributed by atoms with Crippen LogP contribution >= 0.6 is 0 Å². The van der Waals surface area contributed by atoms with Gasteiger partial charge in [0.25, 0.3) is 0 Å². The zero-order valence-electron chi connectivity index (χ0n) is 12.5. The summed E-state index contributed by atoms with van der Waals surface area (Å²) < 4.78 is 0. The molecule has 4 aliphatic rings. The highest BCUT2D eigenvalue weighted by Crippen LogP contribution is 2.49. The van der Waals surface area contributed by atoms with Crippen molar-refractivity contribution in [1.82, 2.24) is 9.88 Å². The lowest BCUT2D eigenvalue weighted by atomic mass is 9.63. The van der Waals surface area contributed by atoms with E-state index in [2.05, 4.69) is 9.88 Å². The van der Waals surface area contributed by atoms with E-state index in [1.54, 1.807) is 0 Å². The van der Waals surface area contributed by atoms with E-state index in [0.29, 0.717) is 24.4 Å². The maximum absolute atomic E-state index is 12.6. The molecule has 0 amide bonds. The van der Waals surface area contributed by atoms with Crippen LogP contribution < -0.4 is 0 Å². The molecule has 0 radical (unpaired) electrons. The third-order valence-electron chi connectivity index (χ3n) is 5.80. The number of aromatic amines is 1. The Labute approximate surface area is 120 Å². The minimum absolute atomic E-state index is 0.305. The van der Waals surface area contributed by atoms with Crippen LogP contribution in [-0.4, -0.2) is 34.3 Å². The van der Waals surface area contributed by atoms with Crippen LogP contribution in [0, 0.1) is 25.7 Å². The number of aryl methyl sites for hydroxylation is 2. The van der Waals surface area contributed by atoms with E-state index in [9.17, 15) is 4.79 Å². The molecule has 5 rings (SSSR count). The topological polar surface area (TPSA) is 36.1 Å². The molecule has 1 N–H and O–H groups in total. The molecule has 0 atom stereocenters. The molecule has 2 saturated carbocycles. The summed E-state index contributed by atoms with van der Waals surface area (Å²) in [4.78, 5) is 18.4. The summed E-state index contributed by atoms with van der Waals surface area (Å²) in [5, 5.41) is 0. The number of ketones is 1. The molecule has 2 saturated heterocycles. The second kappa shape index (κ2) is 4.45. The lowest BCUT2D eigenvalue weighted by Crippen LogP contribution is -2.59. The van der Waals surface area contributed by atoms with Crippen molar-refractivity contribution in [3.63, 3.8) is 0 Å². The van der Waals surface area contributed by atoms with Crippen LogP contribution in [0.2, 0.25) is 0 Å². The van der Waals surface area contributed by atoms with E-state index < -0.39 is 0 Å². The maximum atomic E-state index is 12.6. The number of carbonyl (C=O) groups is 1. The second-order valence-corrected chi connectivity index (χ2v) is 7.30. The van der Waals surface area contributed by atoms with Crippen molar-refractivity contribution in [3.8, 4) is 0 Å². The number of piperidine rings is 2. The van der Waals surface area contributed by atoms with Crippen molar-refractivity contribution >= 4 is 5.78 Å². The standard InChI is InChI=1S/C17H24N2O/c1-10-3-16(11(2)18-10)17(20)9-19-14-5-12-4-13(7-14)8-15(19)6-12/h3,12-15,18H,4-9H2,1-2H3. The van der Waals surface area contributed by atoms with Crippen LogP contribution in [0.1, 0.15) is 53.8 Å². The van der Waals surface area contributed by atoms with Gasteiger partial charge in [-0.15, -0.1) is 0 Å². The zero-order valence-corrected chi connectivity index (χ0v) is 12.5. The van der Waals surface area contributed by atoms with Crippen LogP contribution in [0.3, 0.4) is 0 Å². The molecule has 4 fully saturated rings. The first-order valence-electron chi connectivity index (χ1n) is 8.05. The minimum Gasteiger partial charge on any atom is -0.362 e. The van der Waals surface area contributed by atoms with Gasteiger partial charge in [0.05, 0.1) is 6.54 Å². The Hall–Kier alpha value is -1.09. The van der Waals surface area contributed by atoms with E-state index in [1.807, 2.05) is 19.9 Å². The molecule has 3 nitrogen and oxygen atoms in total. The Bertz CT molecular complexity index is 517. The van der Waals surface area contributed by atoms with Crippen LogP contribution in [0.5, 0.6) is 0 Å². The number of nitrogens with one attached hydrogen (secondary N) is 1. The highest BCUT2D eigenvalue weighted by Gasteiger charge is 2.47. The Morgan fingerprint density at radius 1 is 1.15 bits per heavy atom. The molecule has 2 aliphatic carbocycles. The predicted octanol–water partition coefficient (Wildman–Crippen LogP) is 3.08. The van der Waals surface area contributed by atoms with Gasteiger partial charge in [0.1, 0.15) is 0 Å². The van der Waals surface area contributed by atoms with Crippen LogP contribution in [-0.2, 0) is 0 Å². The molecule has 108 valence electrons. The number of carbonyl (C=O) groups excluding carboxylic acids is 1. The molecule has 20 heavy (non-hydrogen) atoms. The fourth-order valence-corrected chi connectivity index (χ4v) is 5.14. The average Bonchev–Trinajstić information content (AvgIpc) is 2.72. The number of rotatable bonds is 3. The van der Waals surface area contributed by atoms with Crippen LogP contribution in [0.25, 0.3) is 0 Å². The summed E-state index contributed by atoms with van der Waals surface area (Å²) in [6.45, 7) is 4.66. The van der Waals surface area contributed by atoms with Crippen molar-refractivity contribution < 1.29 is 4.79 Å². The fourth-order valence-electron chi connectivity index (χ4n) is 5.14. The first kappa shape index (κ1) is 12.6. The largest absolute Gasteiger partial charge is 0.362 e.